The summed E-state index contributed by atoms with van der Waals surface area (Å²) >= 11 is 3.45. The summed E-state index contributed by atoms with van der Waals surface area (Å²) < 4.78 is 6.78. The molecule has 1 fully saturated rings. The summed E-state index contributed by atoms with van der Waals surface area (Å²) in [4.78, 5) is 13.9. The molecule has 0 spiro atoms. The Labute approximate surface area is 122 Å². The zero-order valence-electron chi connectivity index (χ0n) is 11.0. The Bertz CT molecular complexity index is 451. The number of hydrogen-bond donors (Lipinski definition) is 1. The van der Waals surface area contributed by atoms with Crippen molar-refractivity contribution < 1.29 is 9.53 Å². The van der Waals surface area contributed by atoms with Crippen molar-refractivity contribution in [2.45, 2.75) is 25.5 Å². The van der Waals surface area contributed by atoms with Crippen molar-refractivity contribution in [2.24, 2.45) is 5.73 Å². The van der Waals surface area contributed by atoms with Crippen LogP contribution < -0.4 is 5.73 Å². The Morgan fingerprint density at radius 2 is 2.42 bits per heavy atom. The van der Waals surface area contributed by atoms with E-state index in [1.54, 1.807) is 0 Å². The quantitative estimate of drug-likeness (QED) is 0.925. The second-order valence-electron chi connectivity index (χ2n) is 4.94. The first-order chi connectivity index (χ1) is 9.06. The van der Waals surface area contributed by atoms with E-state index in [1.807, 2.05) is 36.1 Å². The minimum atomic E-state index is -0.0975. The molecule has 2 rings (SSSR count). The molecule has 1 aliphatic heterocycles. The maximum absolute atomic E-state index is 12.0. The third-order valence-corrected chi connectivity index (χ3v) is 3.63. The van der Waals surface area contributed by atoms with Crippen LogP contribution in [0.5, 0.6) is 0 Å². The van der Waals surface area contributed by atoms with E-state index in [0.717, 1.165) is 10.0 Å². The smallest absolute Gasteiger partial charge is 0.224 e. The van der Waals surface area contributed by atoms with Crippen molar-refractivity contribution in [3.05, 3.63) is 34.3 Å². The molecule has 0 aliphatic carbocycles. The van der Waals surface area contributed by atoms with Gasteiger partial charge >= 0.3 is 0 Å². The van der Waals surface area contributed by atoms with Crippen molar-refractivity contribution in [1.82, 2.24) is 4.90 Å². The fourth-order valence-corrected chi connectivity index (χ4v) is 2.61. The third-order valence-electron chi connectivity index (χ3n) is 3.14. The molecule has 2 N–H and O–H groups in total. The number of halogens is 1. The van der Waals surface area contributed by atoms with Gasteiger partial charge in [-0.2, -0.15) is 0 Å². The van der Waals surface area contributed by atoms with Gasteiger partial charge in [-0.25, -0.2) is 0 Å². The topological polar surface area (TPSA) is 55.6 Å². The lowest BCUT2D eigenvalue weighted by Crippen LogP contribution is -2.43. The minimum absolute atomic E-state index is 0.0525. The number of carbonyl (C=O) groups excluding carboxylic acids is 1. The molecule has 1 saturated heterocycles. The predicted molar refractivity (Wildman–Crippen MR) is 77.7 cm³/mol. The molecule has 1 amide bonds. The molecule has 104 valence electrons. The maximum atomic E-state index is 12.0. The first-order valence-corrected chi connectivity index (χ1v) is 7.26. The summed E-state index contributed by atoms with van der Waals surface area (Å²) in [6.07, 6.45) is 0.342. The van der Waals surface area contributed by atoms with Crippen LogP contribution in [0.2, 0.25) is 0 Å². The Morgan fingerprint density at radius 1 is 1.63 bits per heavy atom. The predicted octanol–water partition coefficient (Wildman–Crippen LogP) is 2.09. The average molecular weight is 327 g/mol. The number of amides is 1. The maximum Gasteiger partial charge on any atom is 0.224 e. The summed E-state index contributed by atoms with van der Waals surface area (Å²) in [7, 11) is 0. The van der Waals surface area contributed by atoms with Gasteiger partial charge in [0.25, 0.3) is 0 Å². The number of ether oxygens (including phenoxy) is 1. The SMILES string of the molecule is CC(N)CC(=O)N1CCOC(c2cccc(Br)c2)C1. The molecule has 5 heteroatoms. The van der Waals surface area contributed by atoms with Gasteiger partial charge in [0.15, 0.2) is 0 Å². The minimum Gasteiger partial charge on any atom is -0.370 e. The normalized spacial score (nSPS) is 21.2. The zero-order valence-corrected chi connectivity index (χ0v) is 12.6. The van der Waals surface area contributed by atoms with E-state index in [1.165, 1.54) is 0 Å². The Hall–Kier alpha value is -0.910. The van der Waals surface area contributed by atoms with E-state index in [0.29, 0.717) is 26.1 Å². The summed E-state index contributed by atoms with van der Waals surface area (Å²) in [5.41, 5.74) is 6.77. The van der Waals surface area contributed by atoms with E-state index in [2.05, 4.69) is 15.9 Å². The molecule has 2 atom stereocenters. The van der Waals surface area contributed by atoms with Crippen LogP contribution in [0.3, 0.4) is 0 Å². The van der Waals surface area contributed by atoms with E-state index in [9.17, 15) is 4.79 Å². The molecule has 1 aromatic rings. The molecule has 1 aliphatic rings. The zero-order chi connectivity index (χ0) is 13.8. The van der Waals surface area contributed by atoms with E-state index >= 15 is 0 Å². The van der Waals surface area contributed by atoms with Crippen molar-refractivity contribution in [1.29, 1.82) is 0 Å². The number of morpholine rings is 1. The summed E-state index contributed by atoms with van der Waals surface area (Å²) in [6.45, 7) is 3.67. The number of hydrogen-bond acceptors (Lipinski definition) is 3. The van der Waals surface area contributed by atoms with Crippen molar-refractivity contribution in [3.63, 3.8) is 0 Å². The Morgan fingerprint density at radius 3 is 3.11 bits per heavy atom. The molecular weight excluding hydrogens is 308 g/mol. The molecule has 4 nitrogen and oxygen atoms in total. The second-order valence-corrected chi connectivity index (χ2v) is 5.85. The summed E-state index contributed by atoms with van der Waals surface area (Å²) in [5, 5.41) is 0. The highest BCUT2D eigenvalue weighted by Crippen LogP contribution is 2.25. The van der Waals surface area contributed by atoms with Gasteiger partial charge in [0.05, 0.1) is 13.2 Å². The van der Waals surface area contributed by atoms with Crippen LogP contribution in [-0.2, 0) is 9.53 Å². The molecule has 0 saturated carbocycles. The fraction of sp³-hybridized carbons (Fsp3) is 0.500. The van der Waals surface area contributed by atoms with Crippen LogP contribution in [0.25, 0.3) is 0 Å². The van der Waals surface area contributed by atoms with Gasteiger partial charge in [-0.05, 0) is 24.6 Å². The lowest BCUT2D eigenvalue weighted by atomic mass is 10.1. The lowest BCUT2D eigenvalue weighted by molar-refractivity contribution is -0.139. The highest BCUT2D eigenvalue weighted by atomic mass is 79.9. The van der Waals surface area contributed by atoms with Crippen LogP contribution in [0.1, 0.15) is 25.0 Å². The number of rotatable bonds is 3. The van der Waals surface area contributed by atoms with Gasteiger partial charge in [-0.3, -0.25) is 4.79 Å². The van der Waals surface area contributed by atoms with Crippen molar-refractivity contribution >= 4 is 21.8 Å². The first kappa shape index (κ1) is 14.5. The monoisotopic (exact) mass is 326 g/mol. The molecule has 1 heterocycles. The Kier molecular flexibility index (Phi) is 4.96. The van der Waals surface area contributed by atoms with Crippen LogP contribution in [0.4, 0.5) is 0 Å². The van der Waals surface area contributed by atoms with E-state index in [4.69, 9.17) is 10.5 Å². The molecule has 19 heavy (non-hydrogen) atoms. The number of carbonyl (C=O) groups is 1. The van der Waals surface area contributed by atoms with Crippen LogP contribution in [-0.4, -0.2) is 36.5 Å². The Balaban J connectivity index is 2.03. The molecule has 1 aromatic carbocycles. The van der Waals surface area contributed by atoms with Gasteiger partial charge in [-0.1, -0.05) is 28.1 Å². The third kappa shape index (κ3) is 4.03. The first-order valence-electron chi connectivity index (χ1n) is 6.46. The van der Waals surface area contributed by atoms with E-state index in [-0.39, 0.29) is 18.1 Å². The average Bonchev–Trinajstić information content (AvgIpc) is 2.38. The molecule has 0 bridgehead atoms. The lowest BCUT2D eigenvalue weighted by Gasteiger charge is -2.33. The van der Waals surface area contributed by atoms with Crippen LogP contribution >= 0.6 is 15.9 Å². The second kappa shape index (κ2) is 6.50. The number of benzene rings is 1. The largest absolute Gasteiger partial charge is 0.370 e. The van der Waals surface area contributed by atoms with Gasteiger partial charge in [-0.15, -0.1) is 0 Å². The summed E-state index contributed by atoms with van der Waals surface area (Å²) in [6, 6.07) is 7.91. The molecular formula is C14H19BrN2O2. The summed E-state index contributed by atoms with van der Waals surface area (Å²) in [5.74, 6) is 0.110. The highest BCUT2D eigenvalue weighted by Gasteiger charge is 2.25. The standard InChI is InChI=1S/C14H19BrN2O2/c1-10(16)7-14(18)17-5-6-19-13(9-17)11-3-2-4-12(15)8-11/h2-4,8,10,13H,5-7,9,16H2,1H3. The van der Waals surface area contributed by atoms with Gasteiger partial charge in [0, 0.05) is 23.5 Å². The molecule has 2 unspecified atom stereocenters. The molecule has 0 radical (unpaired) electrons. The number of nitrogens with two attached hydrogens (primary N) is 1. The van der Waals surface area contributed by atoms with Crippen molar-refractivity contribution in [2.75, 3.05) is 19.7 Å². The van der Waals surface area contributed by atoms with Crippen LogP contribution in [0.15, 0.2) is 28.7 Å². The van der Waals surface area contributed by atoms with Gasteiger partial charge < -0.3 is 15.4 Å². The van der Waals surface area contributed by atoms with Gasteiger partial charge in [0.1, 0.15) is 6.10 Å². The van der Waals surface area contributed by atoms with Crippen molar-refractivity contribution in [3.8, 4) is 0 Å². The number of nitrogens with zero attached hydrogens (tertiary/aromatic N) is 1. The van der Waals surface area contributed by atoms with E-state index < -0.39 is 0 Å². The fourth-order valence-electron chi connectivity index (χ4n) is 2.19. The van der Waals surface area contributed by atoms with Crippen LogP contribution in [0, 0.1) is 0 Å². The highest BCUT2D eigenvalue weighted by molar-refractivity contribution is 9.10. The van der Waals surface area contributed by atoms with Gasteiger partial charge in [0.2, 0.25) is 5.91 Å². The molecule has 0 aromatic heterocycles.